The van der Waals surface area contributed by atoms with E-state index in [-0.39, 0.29) is 11.0 Å². The van der Waals surface area contributed by atoms with Gasteiger partial charge in [-0.25, -0.2) is 0 Å². The summed E-state index contributed by atoms with van der Waals surface area (Å²) in [5.74, 6) is 1.28. The Bertz CT molecular complexity index is 526. The van der Waals surface area contributed by atoms with Crippen LogP contribution in [0.15, 0.2) is 41.7 Å². The number of hydrogen-bond donors (Lipinski definition) is 2. The number of rotatable bonds is 5. The lowest BCUT2D eigenvalue weighted by atomic mass is 10.1. The molecule has 0 fully saturated rings. The van der Waals surface area contributed by atoms with Crippen molar-refractivity contribution in [2.24, 2.45) is 0 Å². The molecule has 0 saturated carbocycles. The van der Waals surface area contributed by atoms with Crippen molar-refractivity contribution in [1.82, 2.24) is 10.6 Å². The molecule has 0 bridgehead atoms. The number of amides is 1. The third kappa shape index (κ3) is 2.98. The second-order valence-corrected chi connectivity index (χ2v) is 5.46. The molecule has 19 heavy (non-hydrogen) atoms. The molecule has 1 heterocycles. The normalized spacial score (nSPS) is 15.6. The van der Waals surface area contributed by atoms with Gasteiger partial charge in [0, 0.05) is 0 Å². The lowest BCUT2D eigenvalue weighted by Crippen LogP contribution is -2.45. The van der Waals surface area contributed by atoms with Crippen LogP contribution in [0.4, 0.5) is 0 Å². The van der Waals surface area contributed by atoms with Crippen molar-refractivity contribution in [2.75, 3.05) is 5.75 Å². The molecule has 1 aliphatic rings. The lowest BCUT2D eigenvalue weighted by molar-refractivity contribution is -0.119. The van der Waals surface area contributed by atoms with Crippen LogP contribution < -0.4 is 10.6 Å². The SMILES string of the molecule is CCSC(=O)C(NC1=C(C)C(=O)N1)c1ccccc1. The predicted octanol–water partition coefficient (Wildman–Crippen LogP) is 1.96. The second-order valence-electron chi connectivity index (χ2n) is 4.19. The Morgan fingerprint density at radius 3 is 2.58 bits per heavy atom. The van der Waals surface area contributed by atoms with Gasteiger partial charge in [0.25, 0.3) is 5.91 Å². The van der Waals surface area contributed by atoms with Crippen LogP contribution in [-0.2, 0) is 9.59 Å². The van der Waals surface area contributed by atoms with Gasteiger partial charge in [0.15, 0.2) is 0 Å². The highest BCUT2D eigenvalue weighted by Gasteiger charge is 2.28. The fraction of sp³-hybridized carbons (Fsp3) is 0.286. The number of carbonyl (C=O) groups is 2. The largest absolute Gasteiger partial charge is 0.357 e. The van der Waals surface area contributed by atoms with E-state index in [0.717, 1.165) is 11.3 Å². The van der Waals surface area contributed by atoms with Crippen LogP contribution in [-0.4, -0.2) is 16.8 Å². The number of carbonyl (C=O) groups excluding carboxylic acids is 2. The first-order valence-corrected chi connectivity index (χ1v) is 7.12. The van der Waals surface area contributed by atoms with E-state index in [1.807, 2.05) is 37.3 Å². The molecule has 1 aromatic rings. The first-order chi connectivity index (χ1) is 9.13. The number of thioether (sulfide) groups is 1. The third-order valence-corrected chi connectivity index (χ3v) is 3.71. The zero-order valence-electron chi connectivity index (χ0n) is 10.9. The zero-order chi connectivity index (χ0) is 13.8. The average molecular weight is 276 g/mol. The summed E-state index contributed by atoms with van der Waals surface area (Å²) in [6.07, 6.45) is 0. The van der Waals surface area contributed by atoms with Gasteiger partial charge in [0.05, 0.1) is 5.57 Å². The molecule has 5 heteroatoms. The van der Waals surface area contributed by atoms with Crippen molar-refractivity contribution < 1.29 is 9.59 Å². The summed E-state index contributed by atoms with van der Waals surface area (Å²) >= 11 is 1.28. The summed E-state index contributed by atoms with van der Waals surface area (Å²) in [5.41, 5.74) is 1.53. The summed E-state index contributed by atoms with van der Waals surface area (Å²) in [4.78, 5) is 23.3. The monoisotopic (exact) mass is 276 g/mol. The van der Waals surface area contributed by atoms with Crippen LogP contribution in [0.1, 0.15) is 25.5 Å². The van der Waals surface area contributed by atoms with Crippen molar-refractivity contribution in [3.63, 3.8) is 0 Å². The van der Waals surface area contributed by atoms with Gasteiger partial charge >= 0.3 is 0 Å². The van der Waals surface area contributed by atoms with Crippen LogP contribution in [0.25, 0.3) is 0 Å². The molecule has 0 saturated heterocycles. The topological polar surface area (TPSA) is 58.2 Å². The molecular formula is C14H16N2O2S. The molecule has 1 aromatic carbocycles. The molecule has 0 aromatic heterocycles. The van der Waals surface area contributed by atoms with Crippen LogP contribution in [0, 0.1) is 0 Å². The van der Waals surface area contributed by atoms with Crippen LogP contribution in [0.2, 0.25) is 0 Å². The van der Waals surface area contributed by atoms with Crippen molar-refractivity contribution in [1.29, 1.82) is 0 Å². The van der Waals surface area contributed by atoms with E-state index in [4.69, 9.17) is 0 Å². The molecule has 2 N–H and O–H groups in total. The first kappa shape index (κ1) is 13.7. The van der Waals surface area contributed by atoms with Gasteiger partial charge in [-0.15, -0.1) is 0 Å². The van der Waals surface area contributed by atoms with E-state index >= 15 is 0 Å². The lowest BCUT2D eigenvalue weighted by Gasteiger charge is -2.27. The van der Waals surface area contributed by atoms with Gasteiger partial charge in [-0.05, 0) is 18.2 Å². The van der Waals surface area contributed by atoms with E-state index < -0.39 is 6.04 Å². The molecule has 2 rings (SSSR count). The molecule has 1 aliphatic heterocycles. The highest BCUT2D eigenvalue weighted by atomic mass is 32.2. The minimum Gasteiger partial charge on any atom is -0.357 e. The molecular weight excluding hydrogens is 260 g/mol. The van der Waals surface area contributed by atoms with E-state index in [1.165, 1.54) is 11.8 Å². The van der Waals surface area contributed by atoms with Gasteiger partial charge in [0.2, 0.25) is 5.12 Å². The summed E-state index contributed by atoms with van der Waals surface area (Å²) in [7, 11) is 0. The molecule has 100 valence electrons. The van der Waals surface area contributed by atoms with Crippen molar-refractivity contribution >= 4 is 22.8 Å². The molecule has 1 atom stereocenters. The maximum absolute atomic E-state index is 12.2. The summed E-state index contributed by atoms with van der Waals surface area (Å²) in [6, 6.07) is 9.08. The minimum atomic E-state index is -0.434. The minimum absolute atomic E-state index is 0.0511. The fourth-order valence-electron chi connectivity index (χ4n) is 1.79. The smallest absolute Gasteiger partial charge is 0.256 e. The Morgan fingerprint density at radius 2 is 2.05 bits per heavy atom. The highest BCUT2D eigenvalue weighted by Crippen LogP contribution is 2.23. The Morgan fingerprint density at radius 1 is 1.37 bits per heavy atom. The maximum atomic E-state index is 12.2. The van der Waals surface area contributed by atoms with Crippen molar-refractivity contribution in [2.45, 2.75) is 19.9 Å². The third-order valence-electron chi connectivity index (χ3n) is 2.90. The van der Waals surface area contributed by atoms with E-state index in [9.17, 15) is 9.59 Å². The number of nitrogens with one attached hydrogen (secondary N) is 2. The highest BCUT2D eigenvalue weighted by molar-refractivity contribution is 8.13. The maximum Gasteiger partial charge on any atom is 0.256 e. The second kappa shape index (κ2) is 5.93. The number of hydrogen-bond acceptors (Lipinski definition) is 4. The van der Waals surface area contributed by atoms with Crippen LogP contribution in [0.3, 0.4) is 0 Å². The Hall–Kier alpha value is -1.75. The van der Waals surface area contributed by atoms with Crippen molar-refractivity contribution in [3.05, 3.63) is 47.3 Å². The van der Waals surface area contributed by atoms with Gasteiger partial charge in [-0.2, -0.15) is 0 Å². The quantitative estimate of drug-likeness (QED) is 0.863. The first-order valence-electron chi connectivity index (χ1n) is 6.13. The van der Waals surface area contributed by atoms with Crippen LogP contribution >= 0.6 is 11.8 Å². The molecule has 0 radical (unpaired) electrons. The van der Waals surface area contributed by atoms with Gasteiger partial charge in [0.1, 0.15) is 11.9 Å². The van der Waals surface area contributed by atoms with Gasteiger partial charge in [-0.1, -0.05) is 49.0 Å². The Balaban J connectivity index is 2.21. The molecule has 4 nitrogen and oxygen atoms in total. The van der Waals surface area contributed by atoms with Gasteiger partial charge < -0.3 is 10.6 Å². The molecule has 0 aliphatic carbocycles. The Labute approximate surface area is 116 Å². The standard InChI is InChI=1S/C14H16N2O2S/c1-3-19-14(18)11(10-7-5-4-6-8-10)15-12-9(2)13(17)16-12/h4-8,11H,3H2,1-2H3,(H2,15,16,17). The van der Waals surface area contributed by atoms with E-state index in [2.05, 4.69) is 10.6 Å². The average Bonchev–Trinajstić information content (AvgIpc) is 2.44. The summed E-state index contributed by atoms with van der Waals surface area (Å²) in [5, 5.41) is 5.82. The van der Waals surface area contributed by atoms with Crippen molar-refractivity contribution in [3.8, 4) is 0 Å². The predicted molar refractivity (Wildman–Crippen MR) is 76.3 cm³/mol. The summed E-state index contributed by atoms with van der Waals surface area (Å²) in [6.45, 7) is 3.68. The van der Waals surface area contributed by atoms with Gasteiger partial charge in [-0.3, -0.25) is 9.59 Å². The Kier molecular flexibility index (Phi) is 4.27. The van der Waals surface area contributed by atoms with Crippen LogP contribution in [0.5, 0.6) is 0 Å². The molecule has 0 spiro atoms. The van der Waals surface area contributed by atoms with E-state index in [0.29, 0.717) is 11.4 Å². The fourth-order valence-corrected chi connectivity index (χ4v) is 2.44. The zero-order valence-corrected chi connectivity index (χ0v) is 11.7. The molecule has 1 unspecified atom stereocenters. The van der Waals surface area contributed by atoms with E-state index in [1.54, 1.807) is 6.92 Å². The number of benzene rings is 1. The summed E-state index contributed by atoms with van der Waals surface area (Å²) < 4.78 is 0. The molecule has 1 amide bonds.